The van der Waals surface area contributed by atoms with Gasteiger partial charge in [-0.05, 0) is 36.6 Å². The van der Waals surface area contributed by atoms with Gasteiger partial charge >= 0.3 is 0 Å². The standard InChI is InChI=1S/C16H15FO2/c17-15-11-14(12-18)8-9-16(15)19-10-4-7-13-5-2-1-3-6-13/h1-3,5-6,8-9,11-12H,4,7,10H2. The van der Waals surface area contributed by atoms with Gasteiger partial charge in [-0.15, -0.1) is 0 Å². The summed E-state index contributed by atoms with van der Waals surface area (Å²) in [5.74, 6) is -0.303. The minimum Gasteiger partial charge on any atom is -0.491 e. The van der Waals surface area contributed by atoms with Crippen LogP contribution < -0.4 is 4.74 Å². The van der Waals surface area contributed by atoms with Crippen LogP contribution in [-0.2, 0) is 6.42 Å². The summed E-state index contributed by atoms with van der Waals surface area (Å²) >= 11 is 0. The van der Waals surface area contributed by atoms with E-state index < -0.39 is 5.82 Å². The second-order valence-corrected chi connectivity index (χ2v) is 4.25. The average Bonchev–Trinajstić information content (AvgIpc) is 2.46. The van der Waals surface area contributed by atoms with Crippen molar-refractivity contribution in [3.05, 3.63) is 65.5 Å². The quantitative estimate of drug-likeness (QED) is 0.584. The van der Waals surface area contributed by atoms with Gasteiger partial charge in [0.25, 0.3) is 0 Å². The van der Waals surface area contributed by atoms with E-state index in [9.17, 15) is 9.18 Å². The van der Waals surface area contributed by atoms with Gasteiger partial charge in [0.05, 0.1) is 6.61 Å². The summed E-state index contributed by atoms with van der Waals surface area (Å²) in [5.41, 5.74) is 1.55. The molecule has 3 heteroatoms. The third-order valence-electron chi connectivity index (χ3n) is 2.80. The van der Waals surface area contributed by atoms with Crippen molar-refractivity contribution >= 4 is 6.29 Å². The van der Waals surface area contributed by atoms with Crippen LogP contribution in [0.5, 0.6) is 5.75 Å². The molecule has 0 saturated heterocycles. The first-order chi connectivity index (χ1) is 9.29. The molecule has 0 aliphatic rings. The van der Waals surface area contributed by atoms with Gasteiger partial charge in [-0.3, -0.25) is 4.79 Å². The molecule has 2 aromatic carbocycles. The third-order valence-corrected chi connectivity index (χ3v) is 2.80. The number of carbonyl (C=O) groups excluding carboxylic acids is 1. The van der Waals surface area contributed by atoms with Crippen LogP contribution in [0.3, 0.4) is 0 Å². The minimum absolute atomic E-state index is 0.193. The molecular formula is C16H15FO2. The Kier molecular flexibility index (Phi) is 4.67. The molecule has 19 heavy (non-hydrogen) atoms. The zero-order chi connectivity index (χ0) is 13.5. The lowest BCUT2D eigenvalue weighted by molar-refractivity contribution is 0.112. The van der Waals surface area contributed by atoms with Gasteiger partial charge < -0.3 is 4.74 Å². The first kappa shape index (κ1) is 13.3. The third kappa shape index (κ3) is 3.91. The van der Waals surface area contributed by atoms with Crippen molar-refractivity contribution in [2.24, 2.45) is 0 Å². The van der Waals surface area contributed by atoms with Gasteiger partial charge in [-0.1, -0.05) is 30.3 Å². The van der Waals surface area contributed by atoms with Crippen LogP contribution in [0.25, 0.3) is 0 Å². The number of ether oxygens (including phenoxy) is 1. The molecule has 98 valence electrons. The van der Waals surface area contributed by atoms with E-state index in [0.29, 0.717) is 18.5 Å². The topological polar surface area (TPSA) is 26.3 Å². The molecule has 0 spiro atoms. The lowest BCUT2D eigenvalue weighted by Crippen LogP contribution is -2.01. The fourth-order valence-corrected chi connectivity index (χ4v) is 1.81. The maximum Gasteiger partial charge on any atom is 0.165 e. The second kappa shape index (κ2) is 6.69. The molecule has 0 amide bonds. The molecule has 2 rings (SSSR count). The monoisotopic (exact) mass is 258 g/mol. The van der Waals surface area contributed by atoms with Crippen molar-refractivity contribution in [2.45, 2.75) is 12.8 Å². The summed E-state index contributed by atoms with van der Waals surface area (Å²) in [6.07, 6.45) is 2.33. The number of halogens is 1. The van der Waals surface area contributed by atoms with Crippen molar-refractivity contribution in [3.8, 4) is 5.75 Å². The summed E-state index contributed by atoms with van der Waals surface area (Å²) < 4.78 is 18.9. The summed E-state index contributed by atoms with van der Waals surface area (Å²) in [6, 6.07) is 14.3. The number of aldehydes is 1. The molecule has 0 atom stereocenters. The molecule has 0 aliphatic heterocycles. The molecule has 0 bridgehead atoms. The summed E-state index contributed by atoms with van der Waals surface area (Å²) in [6.45, 7) is 0.451. The van der Waals surface area contributed by atoms with Crippen LogP contribution in [0.4, 0.5) is 4.39 Å². The molecule has 0 radical (unpaired) electrons. The van der Waals surface area contributed by atoms with Gasteiger partial charge in [0, 0.05) is 5.56 Å². The number of carbonyl (C=O) groups is 1. The smallest absolute Gasteiger partial charge is 0.165 e. The first-order valence-corrected chi connectivity index (χ1v) is 6.21. The lowest BCUT2D eigenvalue weighted by atomic mass is 10.1. The fourth-order valence-electron chi connectivity index (χ4n) is 1.81. The van der Waals surface area contributed by atoms with Gasteiger partial charge in [-0.2, -0.15) is 0 Å². The number of benzene rings is 2. The lowest BCUT2D eigenvalue weighted by Gasteiger charge is -2.07. The predicted molar refractivity (Wildman–Crippen MR) is 72.0 cm³/mol. The van der Waals surface area contributed by atoms with Gasteiger partial charge in [0.1, 0.15) is 6.29 Å². The van der Waals surface area contributed by atoms with Crippen LogP contribution in [0.15, 0.2) is 48.5 Å². The number of hydrogen-bond acceptors (Lipinski definition) is 2. The number of rotatable bonds is 6. The van der Waals surface area contributed by atoms with E-state index in [0.717, 1.165) is 12.8 Å². The Morgan fingerprint density at radius 3 is 2.58 bits per heavy atom. The zero-order valence-corrected chi connectivity index (χ0v) is 10.5. The molecule has 0 aromatic heterocycles. The molecule has 2 aromatic rings. The Balaban J connectivity index is 1.81. The SMILES string of the molecule is O=Cc1ccc(OCCCc2ccccc2)c(F)c1. The summed E-state index contributed by atoms with van der Waals surface area (Å²) in [5, 5.41) is 0. The summed E-state index contributed by atoms with van der Waals surface area (Å²) in [7, 11) is 0. The Morgan fingerprint density at radius 1 is 1.11 bits per heavy atom. The van der Waals surface area contributed by atoms with Crippen molar-refractivity contribution < 1.29 is 13.9 Å². The molecule has 0 aliphatic carbocycles. The Morgan fingerprint density at radius 2 is 1.89 bits per heavy atom. The van der Waals surface area contributed by atoms with E-state index in [4.69, 9.17) is 4.74 Å². The average molecular weight is 258 g/mol. The predicted octanol–water partition coefficient (Wildman–Crippen LogP) is 3.65. The highest BCUT2D eigenvalue weighted by Gasteiger charge is 2.04. The van der Waals surface area contributed by atoms with Crippen molar-refractivity contribution in [3.63, 3.8) is 0 Å². The molecule has 0 N–H and O–H groups in total. The Labute approximate surface area is 111 Å². The zero-order valence-electron chi connectivity index (χ0n) is 10.5. The second-order valence-electron chi connectivity index (χ2n) is 4.25. The highest BCUT2D eigenvalue weighted by atomic mass is 19.1. The van der Waals surface area contributed by atoms with E-state index in [1.165, 1.54) is 17.7 Å². The highest BCUT2D eigenvalue weighted by Crippen LogP contribution is 2.18. The number of hydrogen-bond donors (Lipinski definition) is 0. The van der Waals surface area contributed by atoms with Crippen molar-refractivity contribution in [1.82, 2.24) is 0 Å². The fraction of sp³-hybridized carbons (Fsp3) is 0.188. The van der Waals surface area contributed by atoms with Gasteiger partial charge in [0.2, 0.25) is 0 Å². The Hall–Kier alpha value is -2.16. The summed E-state index contributed by atoms with van der Waals surface area (Å²) in [4.78, 5) is 10.5. The molecule has 0 saturated carbocycles. The normalized spacial score (nSPS) is 10.2. The first-order valence-electron chi connectivity index (χ1n) is 6.21. The maximum atomic E-state index is 13.5. The van der Waals surface area contributed by atoms with E-state index in [1.54, 1.807) is 6.07 Å². The molecule has 0 heterocycles. The van der Waals surface area contributed by atoms with Crippen LogP contribution in [0.2, 0.25) is 0 Å². The largest absolute Gasteiger partial charge is 0.491 e. The van der Waals surface area contributed by atoms with Crippen LogP contribution >= 0.6 is 0 Å². The van der Waals surface area contributed by atoms with Gasteiger partial charge in [0.15, 0.2) is 11.6 Å². The van der Waals surface area contributed by atoms with E-state index >= 15 is 0 Å². The molecule has 2 nitrogen and oxygen atoms in total. The molecular weight excluding hydrogens is 243 g/mol. The highest BCUT2D eigenvalue weighted by molar-refractivity contribution is 5.74. The van der Waals surface area contributed by atoms with Crippen molar-refractivity contribution in [2.75, 3.05) is 6.61 Å². The van der Waals surface area contributed by atoms with Gasteiger partial charge in [-0.25, -0.2) is 4.39 Å². The van der Waals surface area contributed by atoms with E-state index in [1.807, 2.05) is 18.2 Å². The van der Waals surface area contributed by atoms with E-state index in [2.05, 4.69) is 12.1 Å². The Bertz CT molecular complexity index is 538. The van der Waals surface area contributed by atoms with Crippen molar-refractivity contribution in [1.29, 1.82) is 0 Å². The van der Waals surface area contributed by atoms with Crippen LogP contribution in [0, 0.1) is 5.82 Å². The molecule has 0 unspecified atom stereocenters. The maximum absolute atomic E-state index is 13.5. The molecule has 0 fully saturated rings. The van der Waals surface area contributed by atoms with Crippen LogP contribution in [0.1, 0.15) is 22.3 Å². The minimum atomic E-state index is -0.496. The van der Waals surface area contributed by atoms with Crippen LogP contribution in [-0.4, -0.2) is 12.9 Å². The van der Waals surface area contributed by atoms with E-state index in [-0.39, 0.29) is 5.75 Å². The number of aryl methyl sites for hydroxylation is 1.